The lowest BCUT2D eigenvalue weighted by Gasteiger charge is -2.22. The molecule has 1 N–H and O–H groups in total. The highest BCUT2D eigenvalue weighted by Gasteiger charge is 2.18. The molecule has 112 valence electrons. The van der Waals surface area contributed by atoms with E-state index in [1.165, 1.54) is 12.8 Å². The summed E-state index contributed by atoms with van der Waals surface area (Å²) in [6, 6.07) is 0. The molecule has 1 aliphatic heterocycles. The minimum Gasteiger partial charge on any atom is -0.317 e. The Bertz CT molecular complexity index is 464. The van der Waals surface area contributed by atoms with Gasteiger partial charge in [-0.1, -0.05) is 0 Å². The largest absolute Gasteiger partial charge is 0.317 e. The minimum atomic E-state index is 0.332. The van der Waals surface area contributed by atoms with E-state index in [-0.39, 0.29) is 0 Å². The molecule has 0 radical (unpaired) electrons. The SMILES string of the molecule is CCn1nc(C)c(Br)c1CC(=O)CCC1CCNCC1. The van der Waals surface area contributed by atoms with Gasteiger partial charge in [-0.05, 0) is 68.0 Å². The molecule has 0 amide bonds. The average molecular weight is 342 g/mol. The molecular formula is C15H24BrN3O. The van der Waals surface area contributed by atoms with Crippen LogP contribution in [-0.4, -0.2) is 28.7 Å². The fourth-order valence-corrected chi connectivity index (χ4v) is 3.27. The molecule has 1 saturated heterocycles. The van der Waals surface area contributed by atoms with E-state index in [0.29, 0.717) is 18.6 Å². The first-order chi connectivity index (χ1) is 9.61. The van der Waals surface area contributed by atoms with Crippen molar-refractivity contribution in [2.24, 2.45) is 5.92 Å². The summed E-state index contributed by atoms with van der Waals surface area (Å²) in [6.07, 6.45) is 4.66. The maximum Gasteiger partial charge on any atom is 0.138 e. The Morgan fingerprint density at radius 3 is 2.80 bits per heavy atom. The van der Waals surface area contributed by atoms with Gasteiger partial charge in [-0.15, -0.1) is 0 Å². The third-order valence-electron chi connectivity index (χ3n) is 4.11. The number of hydrogen-bond acceptors (Lipinski definition) is 3. The number of Topliss-reactive ketones (excluding diaryl/α,β-unsaturated/α-hetero) is 1. The Hall–Kier alpha value is -0.680. The summed E-state index contributed by atoms with van der Waals surface area (Å²) in [5.74, 6) is 1.06. The van der Waals surface area contributed by atoms with Gasteiger partial charge in [-0.3, -0.25) is 9.48 Å². The lowest BCUT2D eigenvalue weighted by atomic mass is 9.92. The van der Waals surface area contributed by atoms with Crippen LogP contribution in [0.2, 0.25) is 0 Å². The third kappa shape index (κ3) is 3.92. The Kier molecular flexibility index (Phi) is 5.78. The molecular weight excluding hydrogens is 318 g/mol. The van der Waals surface area contributed by atoms with Gasteiger partial charge in [0.25, 0.3) is 0 Å². The van der Waals surface area contributed by atoms with Crippen LogP contribution in [0.1, 0.15) is 44.0 Å². The molecule has 1 aliphatic rings. The molecule has 20 heavy (non-hydrogen) atoms. The number of rotatable bonds is 6. The fourth-order valence-electron chi connectivity index (χ4n) is 2.85. The summed E-state index contributed by atoms with van der Waals surface area (Å²) < 4.78 is 2.93. The Labute approximate surface area is 129 Å². The van der Waals surface area contributed by atoms with E-state index in [0.717, 1.165) is 47.8 Å². The van der Waals surface area contributed by atoms with Crippen LogP contribution >= 0.6 is 15.9 Å². The highest BCUT2D eigenvalue weighted by atomic mass is 79.9. The molecule has 0 aliphatic carbocycles. The van der Waals surface area contributed by atoms with Gasteiger partial charge in [0.1, 0.15) is 5.78 Å². The molecule has 0 atom stereocenters. The van der Waals surface area contributed by atoms with Gasteiger partial charge in [0, 0.05) is 19.4 Å². The molecule has 1 fully saturated rings. The highest BCUT2D eigenvalue weighted by molar-refractivity contribution is 9.10. The quantitative estimate of drug-likeness (QED) is 0.865. The topological polar surface area (TPSA) is 46.9 Å². The van der Waals surface area contributed by atoms with Crippen molar-refractivity contribution in [2.75, 3.05) is 13.1 Å². The summed E-state index contributed by atoms with van der Waals surface area (Å²) in [4.78, 5) is 12.2. The van der Waals surface area contributed by atoms with E-state index in [1.54, 1.807) is 0 Å². The first kappa shape index (κ1) is 15.7. The van der Waals surface area contributed by atoms with E-state index in [4.69, 9.17) is 0 Å². The van der Waals surface area contributed by atoms with Gasteiger partial charge in [-0.2, -0.15) is 5.10 Å². The summed E-state index contributed by atoms with van der Waals surface area (Å²) in [5, 5.41) is 7.81. The summed E-state index contributed by atoms with van der Waals surface area (Å²) >= 11 is 3.55. The zero-order chi connectivity index (χ0) is 14.5. The summed E-state index contributed by atoms with van der Waals surface area (Å²) in [5.41, 5.74) is 1.99. The minimum absolute atomic E-state index is 0.332. The van der Waals surface area contributed by atoms with Crippen molar-refractivity contribution in [1.82, 2.24) is 15.1 Å². The lowest BCUT2D eigenvalue weighted by molar-refractivity contribution is -0.118. The zero-order valence-corrected chi connectivity index (χ0v) is 14.0. The number of aromatic nitrogens is 2. The van der Waals surface area contributed by atoms with E-state index in [9.17, 15) is 4.79 Å². The molecule has 1 aromatic heterocycles. The van der Waals surface area contributed by atoms with Crippen molar-refractivity contribution < 1.29 is 4.79 Å². The second-order valence-electron chi connectivity index (χ2n) is 5.61. The molecule has 4 nitrogen and oxygen atoms in total. The van der Waals surface area contributed by atoms with Crippen LogP contribution in [0.4, 0.5) is 0 Å². The van der Waals surface area contributed by atoms with Gasteiger partial charge < -0.3 is 5.32 Å². The van der Waals surface area contributed by atoms with Crippen molar-refractivity contribution in [3.8, 4) is 0 Å². The maximum absolute atomic E-state index is 12.2. The number of piperidine rings is 1. The van der Waals surface area contributed by atoms with Crippen LogP contribution < -0.4 is 5.32 Å². The smallest absolute Gasteiger partial charge is 0.138 e. The van der Waals surface area contributed by atoms with Gasteiger partial charge in [0.15, 0.2) is 0 Å². The van der Waals surface area contributed by atoms with Gasteiger partial charge in [-0.25, -0.2) is 0 Å². The Morgan fingerprint density at radius 1 is 1.45 bits per heavy atom. The Balaban J connectivity index is 1.87. The van der Waals surface area contributed by atoms with Crippen molar-refractivity contribution in [3.05, 3.63) is 15.9 Å². The number of carbonyl (C=O) groups is 1. The highest BCUT2D eigenvalue weighted by Crippen LogP contribution is 2.23. The summed E-state index contributed by atoms with van der Waals surface area (Å²) in [7, 11) is 0. The molecule has 2 rings (SSSR count). The Morgan fingerprint density at radius 2 is 2.15 bits per heavy atom. The molecule has 0 bridgehead atoms. The molecule has 0 aromatic carbocycles. The van der Waals surface area contributed by atoms with Gasteiger partial charge in [0.05, 0.1) is 15.9 Å². The molecule has 1 aromatic rings. The van der Waals surface area contributed by atoms with E-state index in [1.807, 2.05) is 11.6 Å². The van der Waals surface area contributed by atoms with Gasteiger partial charge >= 0.3 is 0 Å². The maximum atomic E-state index is 12.2. The van der Waals surface area contributed by atoms with Crippen LogP contribution in [0.25, 0.3) is 0 Å². The standard InChI is InChI=1S/C15H24BrN3O/c1-3-19-14(15(16)11(2)18-19)10-13(20)5-4-12-6-8-17-9-7-12/h12,17H,3-10H2,1-2H3. The first-order valence-electron chi connectivity index (χ1n) is 7.56. The number of nitrogens with one attached hydrogen (secondary N) is 1. The molecule has 0 spiro atoms. The normalized spacial score (nSPS) is 16.6. The van der Waals surface area contributed by atoms with Crippen LogP contribution in [0.3, 0.4) is 0 Å². The van der Waals surface area contributed by atoms with E-state index in [2.05, 4.69) is 33.3 Å². The molecule has 5 heteroatoms. The van der Waals surface area contributed by atoms with Gasteiger partial charge in [0.2, 0.25) is 0 Å². The van der Waals surface area contributed by atoms with Crippen molar-refractivity contribution >= 4 is 21.7 Å². The number of ketones is 1. The lowest BCUT2D eigenvalue weighted by Crippen LogP contribution is -2.28. The number of aryl methyl sites for hydroxylation is 2. The van der Waals surface area contributed by atoms with Crippen molar-refractivity contribution in [2.45, 2.75) is 52.5 Å². The van der Waals surface area contributed by atoms with Crippen LogP contribution in [0, 0.1) is 12.8 Å². The van der Waals surface area contributed by atoms with E-state index >= 15 is 0 Å². The van der Waals surface area contributed by atoms with Crippen LogP contribution in [-0.2, 0) is 17.8 Å². The fraction of sp³-hybridized carbons (Fsp3) is 0.733. The van der Waals surface area contributed by atoms with Crippen molar-refractivity contribution in [1.29, 1.82) is 0 Å². The van der Waals surface area contributed by atoms with Crippen LogP contribution in [0.5, 0.6) is 0 Å². The predicted octanol–water partition coefficient (Wildman–Crippen LogP) is 2.87. The number of halogens is 1. The van der Waals surface area contributed by atoms with E-state index < -0.39 is 0 Å². The van der Waals surface area contributed by atoms with Crippen LogP contribution in [0.15, 0.2) is 4.47 Å². The monoisotopic (exact) mass is 341 g/mol. The second-order valence-corrected chi connectivity index (χ2v) is 6.40. The first-order valence-corrected chi connectivity index (χ1v) is 8.35. The predicted molar refractivity (Wildman–Crippen MR) is 83.9 cm³/mol. The molecule has 2 heterocycles. The zero-order valence-electron chi connectivity index (χ0n) is 12.4. The third-order valence-corrected chi connectivity index (χ3v) is 5.14. The molecule has 0 unspecified atom stereocenters. The number of hydrogen-bond donors (Lipinski definition) is 1. The molecule has 0 saturated carbocycles. The number of carbonyl (C=O) groups excluding carboxylic acids is 1. The number of nitrogens with zero attached hydrogens (tertiary/aromatic N) is 2. The average Bonchev–Trinajstić information content (AvgIpc) is 2.74. The van der Waals surface area contributed by atoms with Crippen molar-refractivity contribution in [3.63, 3.8) is 0 Å². The second kappa shape index (κ2) is 7.36. The summed E-state index contributed by atoms with van der Waals surface area (Å²) in [6.45, 7) is 7.04.